The molecule has 0 fully saturated rings. The number of nitrogens with zero attached hydrogens (tertiary/aromatic N) is 2. The lowest BCUT2D eigenvalue weighted by Gasteiger charge is -2.12. The smallest absolute Gasteiger partial charge is 0.261 e. The lowest BCUT2D eigenvalue weighted by atomic mass is 10.1. The summed E-state index contributed by atoms with van der Waals surface area (Å²) >= 11 is 0. The number of aromatic nitrogens is 1. The van der Waals surface area contributed by atoms with E-state index in [2.05, 4.69) is 4.98 Å². The molecule has 0 spiro atoms. The van der Waals surface area contributed by atoms with Crippen LogP contribution in [0, 0.1) is 0 Å². The van der Waals surface area contributed by atoms with Gasteiger partial charge in [0.2, 0.25) is 0 Å². The predicted molar refractivity (Wildman–Crippen MR) is 96.0 cm³/mol. The molecule has 0 saturated carbocycles. The van der Waals surface area contributed by atoms with Crippen LogP contribution in [0.1, 0.15) is 38.4 Å². The molecule has 0 N–H and O–H groups in total. The van der Waals surface area contributed by atoms with Gasteiger partial charge in [-0.05, 0) is 36.2 Å². The highest BCUT2D eigenvalue weighted by Gasteiger charge is 2.35. The molecule has 140 valence electrons. The molecule has 2 heterocycles. The molecule has 0 unspecified atom stereocenters. The van der Waals surface area contributed by atoms with Gasteiger partial charge in [-0.1, -0.05) is 12.1 Å². The van der Waals surface area contributed by atoms with Gasteiger partial charge < -0.3 is 9.47 Å². The first kappa shape index (κ1) is 18.9. The normalized spacial score (nSPS) is 13.1. The first-order valence-corrected chi connectivity index (χ1v) is 8.57. The van der Waals surface area contributed by atoms with Crippen LogP contribution in [0.5, 0.6) is 0 Å². The molecular weight excluding hydrogens is 348 g/mol. The summed E-state index contributed by atoms with van der Waals surface area (Å²) in [5.41, 5.74) is 2.38. The van der Waals surface area contributed by atoms with Crippen molar-refractivity contribution in [2.24, 2.45) is 0 Å². The molecule has 1 aromatic carbocycles. The molecule has 1 aliphatic rings. The molecule has 2 amide bonds. The second kappa shape index (κ2) is 8.66. The average Bonchev–Trinajstić information content (AvgIpc) is 2.92. The molecule has 1 aromatic heterocycles. The van der Waals surface area contributed by atoms with Crippen molar-refractivity contribution in [1.82, 2.24) is 9.88 Å². The summed E-state index contributed by atoms with van der Waals surface area (Å²) in [6, 6.07) is 10.3. The van der Waals surface area contributed by atoms with E-state index in [9.17, 15) is 14.4 Å². The summed E-state index contributed by atoms with van der Waals surface area (Å²) in [5, 5.41) is 0. The Morgan fingerprint density at radius 1 is 1.11 bits per heavy atom. The van der Waals surface area contributed by atoms with Crippen LogP contribution < -0.4 is 0 Å². The number of aryl methyl sites for hydroxylation is 1. The van der Waals surface area contributed by atoms with Gasteiger partial charge in [-0.15, -0.1) is 0 Å². The predicted octanol–water partition coefficient (Wildman–Crippen LogP) is 2.00. The van der Waals surface area contributed by atoms with Crippen molar-refractivity contribution in [3.05, 3.63) is 65.0 Å². The third kappa shape index (κ3) is 4.45. The first-order chi connectivity index (χ1) is 13.1. The summed E-state index contributed by atoms with van der Waals surface area (Å²) in [5.74, 6) is -1.02. The number of amides is 2. The molecular formula is C20H20N2O5. The average molecular weight is 368 g/mol. The van der Waals surface area contributed by atoms with Crippen LogP contribution in [0.2, 0.25) is 0 Å². The molecule has 7 heteroatoms. The number of methoxy groups -OCH3 is 1. The minimum absolute atomic E-state index is 0.188. The number of pyridine rings is 1. The number of hydrogen-bond acceptors (Lipinski definition) is 6. The van der Waals surface area contributed by atoms with Crippen molar-refractivity contribution in [1.29, 1.82) is 0 Å². The van der Waals surface area contributed by atoms with Gasteiger partial charge in [0.15, 0.2) is 5.78 Å². The maximum absolute atomic E-state index is 12.3. The Hall–Kier alpha value is -2.90. The number of ketones is 1. The van der Waals surface area contributed by atoms with Gasteiger partial charge in [0.05, 0.1) is 24.3 Å². The Labute approximate surface area is 156 Å². The summed E-state index contributed by atoms with van der Waals surface area (Å²) < 4.78 is 10.1. The quantitative estimate of drug-likeness (QED) is 0.382. The fourth-order valence-corrected chi connectivity index (χ4v) is 2.90. The topological polar surface area (TPSA) is 85.8 Å². The Kier molecular flexibility index (Phi) is 6.05. The lowest BCUT2D eigenvalue weighted by Crippen LogP contribution is -2.35. The zero-order chi connectivity index (χ0) is 19.2. The first-order valence-electron chi connectivity index (χ1n) is 8.57. The second-order valence-corrected chi connectivity index (χ2v) is 6.19. The van der Waals surface area contributed by atoms with Crippen molar-refractivity contribution in [2.75, 3.05) is 20.4 Å². The van der Waals surface area contributed by atoms with Crippen LogP contribution >= 0.6 is 0 Å². The summed E-state index contributed by atoms with van der Waals surface area (Å²) in [4.78, 5) is 42.2. The fourth-order valence-electron chi connectivity index (χ4n) is 2.90. The highest BCUT2D eigenvalue weighted by Crippen LogP contribution is 2.22. The number of rotatable bonds is 9. The van der Waals surface area contributed by atoms with Gasteiger partial charge >= 0.3 is 0 Å². The summed E-state index contributed by atoms with van der Waals surface area (Å²) in [6.07, 6.45) is 2.29. The summed E-state index contributed by atoms with van der Waals surface area (Å²) in [6.45, 7) is 0.381. The number of imide groups is 1. The van der Waals surface area contributed by atoms with Crippen LogP contribution in [0.4, 0.5) is 0 Å². The van der Waals surface area contributed by atoms with Gasteiger partial charge in [-0.2, -0.15) is 0 Å². The molecule has 1 aliphatic heterocycles. The summed E-state index contributed by atoms with van der Waals surface area (Å²) in [7, 11) is 1.55. The van der Waals surface area contributed by atoms with E-state index in [1.165, 1.54) is 0 Å². The SMILES string of the molecule is COCOCc1ccnc(CCC(=O)CN2C(=O)c3ccccc3C2=O)c1. The van der Waals surface area contributed by atoms with E-state index in [1.54, 1.807) is 37.6 Å². The van der Waals surface area contributed by atoms with Crippen molar-refractivity contribution in [3.63, 3.8) is 0 Å². The van der Waals surface area contributed by atoms with Gasteiger partial charge in [0, 0.05) is 25.4 Å². The number of carbonyl (C=O) groups is 3. The van der Waals surface area contributed by atoms with Crippen LogP contribution in [-0.2, 0) is 27.3 Å². The van der Waals surface area contributed by atoms with Crippen molar-refractivity contribution < 1.29 is 23.9 Å². The lowest BCUT2D eigenvalue weighted by molar-refractivity contribution is -0.119. The number of carbonyl (C=O) groups excluding carboxylic acids is 3. The van der Waals surface area contributed by atoms with Crippen LogP contribution in [0.15, 0.2) is 42.6 Å². The number of hydrogen-bond donors (Lipinski definition) is 0. The number of ether oxygens (including phenoxy) is 2. The molecule has 0 atom stereocenters. The Bertz CT molecular complexity index is 830. The van der Waals surface area contributed by atoms with Crippen molar-refractivity contribution in [3.8, 4) is 0 Å². The minimum atomic E-state index is -0.417. The van der Waals surface area contributed by atoms with E-state index in [1.807, 2.05) is 12.1 Å². The highest BCUT2D eigenvalue weighted by molar-refractivity contribution is 6.22. The molecule has 0 saturated heterocycles. The van der Waals surface area contributed by atoms with Crippen LogP contribution in [0.3, 0.4) is 0 Å². The number of benzene rings is 1. The van der Waals surface area contributed by atoms with Crippen LogP contribution in [-0.4, -0.2) is 47.9 Å². The van der Waals surface area contributed by atoms with E-state index >= 15 is 0 Å². The van der Waals surface area contributed by atoms with Gasteiger partial charge in [-0.3, -0.25) is 24.3 Å². The third-order valence-electron chi connectivity index (χ3n) is 4.22. The largest absolute Gasteiger partial charge is 0.359 e. The Morgan fingerprint density at radius 2 is 1.81 bits per heavy atom. The molecule has 27 heavy (non-hydrogen) atoms. The van der Waals surface area contributed by atoms with E-state index in [4.69, 9.17) is 9.47 Å². The zero-order valence-corrected chi connectivity index (χ0v) is 15.0. The zero-order valence-electron chi connectivity index (χ0n) is 15.0. The maximum Gasteiger partial charge on any atom is 0.261 e. The van der Waals surface area contributed by atoms with E-state index in [-0.39, 0.29) is 25.5 Å². The Balaban J connectivity index is 1.54. The second-order valence-electron chi connectivity index (χ2n) is 6.19. The fraction of sp³-hybridized carbons (Fsp3) is 0.300. The van der Waals surface area contributed by atoms with Gasteiger partial charge in [0.25, 0.3) is 11.8 Å². The maximum atomic E-state index is 12.3. The van der Waals surface area contributed by atoms with Gasteiger partial charge in [0.1, 0.15) is 6.79 Å². The molecule has 7 nitrogen and oxygen atoms in total. The van der Waals surface area contributed by atoms with E-state index in [0.29, 0.717) is 24.2 Å². The van der Waals surface area contributed by atoms with Crippen molar-refractivity contribution >= 4 is 17.6 Å². The molecule has 0 bridgehead atoms. The molecule has 3 rings (SSSR count). The van der Waals surface area contributed by atoms with Crippen LogP contribution in [0.25, 0.3) is 0 Å². The monoisotopic (exact) mass is 368 g/mol. The van der Waals surface area contributed by atoms with Crippen molar-refractivity contribution in [2.45, 2.75) is 19.4 Å². The number of Topliss-reactive ketones (excluding diaryl/α,β-unsaturated/α-hetero) is 1. The highest BCUT2D eigenvalue weighted by atomic mass is 16.7. The minimum Gasteiger partial charge on any atom is -0.359 e. The Morgan fingerprint density at radius 3 is 2.48 bits per heavy atom. The molecule has 0 radical (unpaired) electrons. The van der Waals surface area contributed by atoms with E-state index < -0.39 is 11.8 Å². The van der Waals surface area contributed by atoms with Gasteiger partial charge in [-0.25, -0.2) is 0 Å². The third-order valence-corrected chi connectivity index (χ3v) is 4.22. The molecule has 2 aromatic rings. The standard InChI is InChI=1S/C20H20N2O5/c1-26-13-27-12-14-8-9-21-15(10-14)6-7-16(23)11-22-19(24)17-4-2-3-5-18(17)20(22)25/h2-5,8-10H,6-7,11-13H2,1H3. The number of fused-ring (bicyclic) bond motifs is 1. The molecule has 0 aliphatic carbocycles. The van der Waals surface area contributed by atoms with E-state index in [0.717, 1.165) is 16.2 Å².